The van der Waals surface area contributed by atoms with Crippen LogP contribution in [0.2, 0.25) is 0 Å². The molecule has 2 aromatic carbocycles. The van der Waals surface area contributed by atoms with Crippen LogP contribution >= 0.6 is 11.8 Å². The Balaban J connectivity index is 1.64. The van der Waals surface area contributed by atoms with Gasteiger partial charge in [-0.25, -0.2) is 0 Å². The number of aromatic nitrogens is 2. The van der Waals surface area contributed by atoms with Crippen LogP contribution in [-0.4, -0.2) is 32.7 Å². The summed E-state index contributed by atoms with van der Waals surface area (Å²) in [4.78, 5) is 20.1. The highest BCUT2D eigenvalue weighted by molar-refractivity contribution is 8.00. The van der Waals surface area contributed by atoms with Gasteiger partial charge in [-0.1, -0.05) is 52.7 Å². The second-order valence-electron chi connectivity index (χ2n) is 7.09. The molecule has 0 saturated carbocycles. The van der Waals surface area contributed by atoms with Crippen molar-refractivity contribution in [2.75, 3.05) is 5.75 Å². The molecular weight excluding hydrogens is 370 g/mol. The van der Waals surface area contributed by atoms with Crippen LogP contribution < -0.4 is 0 Å². The monoisotopic (exact) mass is 395 g/mol. The van der Waals surface area contributed by atoms with Gasteiger partial charge < -0.3 is 9.42 Å². The Morgan fingerprint density at radius 1 is 1.04 bits per heavy atom. The molecule has 28 heavy (non-hydrogen) atoms. The number of rotatable bonds is 7. The molecule has 0 bridgehead atoms. The molecule has 0 N–H and O–H groups in total. The van der Waals surface area contributed by atoms with Gasteiger partial charge in [-0.15, -0.1) is 11.8 Å². The first-order valence-electron chi connectivity index (χ1n) is 9.31. The topological polar surface area (TPSA) is 59.2 Å². The number of nitrogens with zero attached hydrogens (tertiary/aromatic N) is 3. The number of hydrogen-bond donors (Lipinski definition) is 0. The van der Waals surface area contributed by atoms with Crippen molar-refractivity contribution < 1.29 is 9.32 Å². The number of carbonyl (C=O) groups is 1. The van der Waals surface area contributed by atoms with Gasteiger partial charge in [-0.05, 0) is 39.8 Å². The Kier molecular flexibility index (Phi) is 6.52. The van der Waals surface area contributed by atoms with Crippen molar-refractivity contribution in [2.45, 2.75) is 45.2 Å². The van der Waals surface area contributed by atoms with Crippen LogP contribution in [0.3, 0.4) is 0 Å². The summed E-state index contributed by atoms with van der Waals surface area (Å²) in [6.45, 7) is 8.38. The van der Waals surface area contributed by atoms with Crippen LogP contribution in [-0.2, 0) is 11.3 Å². The molecule has 0 aliphatic heterocycles. The number of carbonyl (C=O) groups excluding carboxylic acids is 1. The second kappa shape index (κ2) is 9.06. The fourth-order valence-corrected chi connectivity index (χ4v) is 3.49. The van der Waals surface area contributed by atoms with Gasteiger partial charge in [0.1, 0.15) is 6.54 Å². The maximum atomic E-state index is 12.8. The second-order valence-corrected chi connectivity index (χ2v) is 8.14. The van der Waals surface area contributed by atoms with Crippen LogP contribution in [0.5, 0.6) is 0 Å². The first-order valence-corrected chi connectivity index (χ1v) is 10.3. The van der Waals surface area contributed by atoms with Gasteiger partial charge in [0.05, 0.1) is 5.75 Å². The standard InChI is InChI=1S/C22H25N3O2S/c1-15(2)25(21(26)14-28-19-11-7-17(4)8-12-19)13-20-23-22(24-27-20)18-9-5-16(3)6-10-18/h5-12,15H,13-14H2,1-4H3. The van der Waals surface area contributed by atoms with Gasteiger partial charge in [0.25, 0.3) is 0 Å². The van der Waals surface area contributed by atoms with Crippen molar-refractivity contribution in [2.24, 2.45) is 0 Å². The molecule has 6 heteroatoms. The third-order valence-electron chi connectivity index (χ3n) is 4.41. The summed E-state index contributed by atoms with van der Waals surface area (Å²) in [7, 11) is 0. The normalized spacial score (nSPS) is 11.0. The molecule has 0 fully saturated rings. The number of hydrogen-bond acceptors (Lipinski definition) is 5. The zero-order chi connectivity index (χ0) is 20.1. The van der Waals surface area contributed by atoms with Crippen molar-refractivity contribution in [3.8, 4) is 11.4 Å². The number of thioether (sulfide) groups is 1. The van der Waals surface area contributed by atoms with Gasteiger partial charge in [-0.2, -0.15) is 4.98 Å². The van der Waals surface area contributed by atoms with Gasteiger partial charge >= 0.3 is 0 Å². The molecule has 5 nitrogen and oxygen atoms in total. The minimum atomic E-state index is 0.0424. The van der Waals surface area contributed by atoms with Gasteiger partial charge in [0, 0.05) is 16.5 Å². The summed E-state index contributed by atoms with van der Waals surface area (Å²) >= 11 is 1.54. The van der Waals surface area contributed by atoms with E-state index < -0.39 is 0 Å². The van der Waals surface area contributed by atoms with E-state index in [4.69, 9.17) is 4.52 Å². The van der Waals surface area contributed by atoms with Gasteiger partial charge in [0.2, 0.25) is 17.6 Å². The van der Waals surface area contributed by atoms with Crippen molar-refractivity contribution in [1.82, 2.24) is 15.0 Å². The quantitative estimate of drug-likeness (QED) is 0.534. The summed E-state index contributed by atoms with van der Waals surface area (Å²) in [6, 6.07) is 16.2. The Morgan fingerprint density at radius 3 is 2.25 bits per heavy atom. The predicted molar refractivity (Wildman–Crippen MR) is 112 cm³/mol. The molecule has 0 atom stereocenters. The maximum Gasteiger partial charge on any atom is 0.246 e. The lowest BCUT2D eigenvalue weighted by atomic mass is 10.1. The lowest BCUT2D eigenvalue weighted by Crippen LogP contribution is -2.37. The van der Waals surface area contributed by atoms with Crippen LogP contribution in [0, 0.1) is 13.8 Å². The van der Waals surface area contributed by atoms with Gasteiger partial charge in [-0.3, -0.25) is 4.79 Å². The molecule has 0 saturated heterocycles. The fraction of sp³-hybridized carbons (Fsp3) is 0.318. The Hall–Kier alpha value is -2.60. The van der Waals surface area contributed by atoms with E-state index in [-0.39, 0.29) is 11.9 Å². The molecule has 3 aromatic rings. The molecule has 3 rings (SSSR count). The Morgan fingerprint density at radius 2 is 1.64 bits per heavy atom. The summed E-state index contributed by atoms with van der Waals surface area (Å²) in [5.74, 6) is 1.41. The number of amides is 1. The minimum absolute atomic E-state index is 0.0424. The molecule has 0 aliphatic carbocycles. The first-order chi connectivity index (χ1) is 13.4. The number of aryl methyl sites for hydroxylation is 2. The highest BCUT2D eigenvalue weighted by atomic mass is 32.2. The third kappa shape index (κ3) is 5.23. The molecular formula is C22H25N3O2S. The van der Waals surface area contributed by atoms with E-state index >= 15 is 0 Å². The van der Waals surface area contributed by atoms with Crippen LogP contribution in [0.1, 0.15) is 30.9 Å². The summed E-state index contributed by atoms with van der Waals surface area (Å²) < 4.78 is 5.39. The number of benzene rings is 2. The van der Waals surface area contributed by atoms with Gasteiger partial charge in [0.15, 0.2) is 0 Å². The lowest BCUT2D eigenvalue weighted by molar-refractivity contribution is -0.131. The molecule has 1 heterocycles. The van der Waals surface area contributed by atoms with Crippen LogP contribution in [0.4, 0.5) is 0 Å². The maximum absolute atomic E-state index is 12.8. The molecule has 0 spiro atoms. The van der Waals surface area contributed by atoms with Crippen molar-refractivity contribution >= 4 is 17.7 Å². The zero-order valence-corrected chi connectivity index (χ0v) is 17.5. The largest absolute Gasteiger partial charge is 0.337 e. The van der Waals surface area contributed by atoms with Crippen molar-refractivity contribution in [3.63, 3.8) is 0 Å². The smallest absolute Gasteiger partial charge is 0.246 e. The van der Waals surface area contributed by atoms with E-state index in [0.29, 0.717) is 24.0 Å². The van der Waals surface area contributed by atoms with Crippen LogP contribution in [0.15, 0.2) is 57.9 Å². The first kappa shape index (κ1) is 20.1. The molecule has 0 radical (unpaired) electrons. The average Bonchev–Trinajstić information content (AvgIpc) is 3.14. The van der Waals surface area contributed by atoms with E-state index in [9.17, 15) is 4.79 Å². The highest BCUT2D eigenvalue weighted by Crippen LogP contribution is 2.21. The van der Waals surface area contributed by atoms with E-state index in [2.05, 4.69) is 29.2 Å². The van der Waals surface area contributed by atoms with Crippen molar-refractivity contribution in [3.05, 3.63) is 65.5 Å². The molecule has 1 aromatic heterocycles. The summed E-state index contributed by atoms with van der Waals surface area (Å²) in [5, 5.41) is 4.06. The third-order valence-corrected chi connectivity index (χ3v) is 5.41. The predicted octanol–water partition coefficient (Wildman–Crippen LogP) is 4.88. The fourth-order valence-electron chi connectivity index (χ4n) is 2.71. The van der Waals surface area contributed by atoms with Crippen molar-refractivity contribution in [1.29, 1.82) is 0 Å². The lowest BCUT2D eigenvalue weighted by Gasteiger charge is -2.25. The van der Waals surface area contributed by atoms with Crippen LogP contribution in [0.25, 0.3) is 11.4 Å². The SMILES string of the molecule is Cc1ccc(SCC(=O)N(Cc2nc(-c3ccc(C)cc3)no2)C(C)C)cc1. The molecule has 146 valence electrons. The summed E-state index contributed by atoms with van der Waals surface area (Å²) in [5.41, 5.74) is 3.29. The molecule has 0 unspecified atom stereocenters. The molecule has 1 amide bonds. The van der Waals surface area contributed by atoms with E-state index in [1.165, 1.54) is 22.9 Å². The highest BCUT2D eigenvalue weighted by Gasteiger charge is 2.21. The zero-order valence-electron chi connectivity index (χ0n) is 16.7. The molecule has 0 aliphatic rings. The Bertz CT molecular complexity index is 918. The minimum Gasteiger partial charge on any atom is -0.337 e. The Labute approximate surface area is 170 Å². The van der Waals surface area contributed by atoms with E-state index in [1.54, 1.807) is 4.90 Å². The summed E-state index contributed by atoms with van der Waals surface area (Å²) in [6.07, 6.45) is 0. The average molecular weight is 396 g/mol. The van der Waals surface area contributed by atoms with E-state index in [0.717, 1.165) is 10.5 Å². The van der Waals surface area contributed by atoms with E-state index in [1.807, 2.05) is 57.2 Å².